The highest BCUT2D eigenvalue weighted by Gasteiger charge is 2.16. The van der Waals surface area contributed by atoms with Crippen molar-refractivity contribution >= 4 is 9.84 Å². The molecule has 0 radical (unpaired) electrons. The second-order valence-corrected chi connectivity index (χ2v) is 6.65. The maximum Gasteiger partial charge on any atom is 0.181 e. The monoisotopic (exact) mass is 301 g/mol. The zero-order valence-electron chi connectivity index (χ0n) is 11.6. The Labute approximate surface area is 124 Å². The average Bonchev–Trinajstić information content (AvgIpc) is 2.48. The van der Waals surface area contributed by atoms with Gasteiger partial charge in [0.15, 0.2) is 9.84 Å². The SMILES string of the molecule is Cc1ccccc1S(=O)(=O)CCOc1ccc(C#N)cc1. The highest BCUT2D eigenvalue weighted by atomic mass is 32.2. The summed E-state index contributed by atoms with van der Waals surface area (Å²) in [7, 11) is -3.35. The van der Waals surface area contributed by atoms with Crippen molar-refractivity contribution in [3.63, 3.8) is 0 Å². The molecule has 0 heterocycles. The van der Waals surface area contributed by atoms with E-state index < -0.39 is 9.84 Å². The van der Waals surface area contributed by atoms with E-state index in [9.17, 15) is 8.42 Å². The number of nitriles is 1. The van der Waals surface area contributed by atoms with Crippen LogP contribution in [0.5, 0.6) is 5.75 Å². The number of rotatable bonds is 5. The van der Waals surface area contributed by atoms with Crippen molar-refractivity contribution in [2.24, 2.45) is 0 Å². The third-order valence-electron chi connectivity index (χ3n) is 3.03. The Morgan fingerprint density at radius 2 is 1.76 bits per heavy atom. The van der Waals surface area contributed by atoms with Gasteiger partial charge in [0.25, 0.3) is 0 Å². The number of hydrogen-bond acceptors (Lipinski definition) is 4. The molecule has 2 aromatic carbocycles. The van der Waals surface area contributed by atoms with Crippen LogP contribution in [0.2, 0.25) is 0 Å². The number of benzene rings is 2. The Kier molecular flexibility index (Phi) is 4.61. The molecule has 0 amide bonds. The molecule has 0 aliphatic rings. The fourth-order valence-electron chi connectivity index (χ4n) is 1.91. The summed E-state index contributed by atoms with van der Waals surface area (Å²) in [6.07, 6.45) is 0. The summed E-state index contributed by atoms with van der Waals surface area (Å²) in [5.74, 6) is 0.465. The molecule has 0 atom stereocenters. The Bertz CT molecular complexity index is 759. The summed E-state index contributed by atoms with van der Waals surface area (Å²) < 4.78 is 29.9. The van der Waals surface area contributed by atoms with Gasteiger partial charge in [-0.05, 0) is 42.8 Å². The average molecular weight is 301 g/mol. The molecule has 0 unspecified atom stereocenters. The van der Waals surface area contributed by atoms with Crippen LogP contribution in [0, 0.1) is 18.3 Å². The first kappa shape index (κ1) is 15.1. The number of hydrogen-bond donors (Lipinski definition) is 0. The van der Waals surface area contributed by atoms with Gasteiger partial charge in [0.1, 0.15) is 12.4 Å². The maximum absolute atomic E-state index is 12.2. The smallest absolute Gasteiger partial charge is 0.181 e. The van der Waals surface area contributed by atoms with E-state index in [1.807, 2.05) is 12.1 Å². The van der Waals surface area contributed by atoms with Crippen LogP contribution in [-0.4, -0.2) is 20.8 Å². The second kappa shape index (κ2) is 6.42. The quantitative estimate of drug-likeness (QED) is 0.851. The zero-order valence-corrected chi connectivity index (χ0v) is 12.4. The summed E-state index contributed by atoms with van der Waals surface area (Å²) >= 11 is 0. The van der Waals surface area contributed by atoms with Gasteiger partial charge in [-0.1, -0.05) is 18.2 Å². The molecule has 0 saturated carbocycles. The first-order valence-electron chi connectivity index (χ1n) is 6.44. The fraction of sp³-hybridized carbons (Fsp3) is 0.188. The molecule has 0 aliphatic carbocycles. The van der Waals surface area contributed by atoms with Gasteiger partial charge in [-0.25, -0.2) is 8.42 Å². The highest BCUT2D eigenvalue weighted by molar-refractivity contribution is 7.91. The molecule has 0 spiro atoms. The van der Waals surface area contributed by atoms with E-state index in [1.54, 1.807) is 49.4 Å². The first-order valence-corrected chi connectivity index (χ1v) is 8.09. The van der Waals surface area contributed by atoms with Crippen molar-refractivity contribution in [3.05, 3.63) is 59.7 Å². The number of sulfone groups is 1. The number of ether oxygens (including phenoxy) is 1. The second-order valence-electron chi connectivity index (χ2n) is 4.57. The van der Waals surface area contributed by atoms with Gasteiger partial charge in [0.2, 0.25) is 0 Å². The number of aryl methyl sites for hydroxylation is 1. The van der Waals surface area contributed by atoms with Crippen molar-refractivity contribution in [1.29, 1.82) is 5.26 Å². The van der Waals surface area contributed by atoms with E-state index in [0.29, 0.717) is 16.2 Å². The van der Waals surface area contributed by atoms with Crippen molar-refractivity contribution in [1.82, 2.24) is 0 Å². The van der Waals surface area contributed by atoms with Gasteiger partial charge < -0.3 is 4.74 Å². The standard InChI is InChI=1S/C16H15NO3S/c1-13-4-2-3-5-16(13)21(18,19)11-10-20-15-8-6-14(12-17)7-9-15/h2-9H,10-11H2,1H3. The van der Waals surface area contributed by atoms with Crippen LogP contribution in [-0.2, 0) is 9.84 Å². The summed E-state index contributed by atoms with van der Waals surface area (Å²) in [6.45, 7) is 1.84. The van der Waals surface area contributed by atoms with Crippen molar-refractivity contribution in [2.75, 3.05) is 12.4 Å². The molecule has 21 heavy (non-hydrogen) atoms. The third-order valence-corrected chi connectivity index (χ3v) is 4.87. The lowest BCUT2D eigenvalue weighted by Gasteiger charge is -2.09. The van der Waals surface area contributed by atoms with Crippen molar-refractivity contribution in [3.8, 4) is 11.8 Å². The Balaban J connectivity index is 1.99. The predicted octanol–water partition coefficient (Wildman–Crippen LogP) is 2.72. The van der Waals surface area contributed by atoms with Gasteiger partial charge >= 0.3 is 0 Å². The van der Waals surface area contributed by atoms with Crippen LogP contribution in [0.15, 0.2) is 53.4 Å². The number of nitrogens with zero attached hydrogens (tertiary/aromatic N) is 1. The Morgan fingerprint density at radius 3 is 2.38 bits per heavy atom. The van der Waals surface area contributed by atoms with Crippen molar-refractivity contribution in [2.45, 2.75) is 11.8 Å². The molecular weight excluding hydrogens is 286 g/mol. The highest BCUT2D eigenvalue weighted by Crippen LogP contribution is 2.17. The fourth-order valence-corrected chi connectivity index (χ4v) is 3.28. The van der Waals surface area contributed by atoms with Crippen LogP contribution < -0.4 is 4.74 Å². The minimum atomic E-state index is -3.35. The van der Waals surface area contributed by atoms with Gasteiger partial charge in [0.05, 0.1) is 22.3 Å². The third kappa shape index (κ3) is 3.83. The van der Waals surface area contributed by atoms with Crippen LogP contribution in [0.4, 0.5) is 0 Å². The van der Waals surface area contributed by atoms with Crippen LogP contribution in [0.25, 0.3) is 0 Å². The van der Waals surface area contributed by atoms with E-state index >= 15 is 0 Å². The van der Waals surface area contributed by atoms with E-state index in [-0.39, 0.29) is 12.4 Å². The lowest BCUT2D eigenvalue weighted by molar-refractivity contribution is 0.341. The van der Waals surface area contributed by atoms with Gasteiger partial charge in [-0.2, -0.15) is 5.26 Å². The first-order chi connectivity index (χ1) is 10.0. The van der Waals surface area contributed by atoms with Gasteiger partial charge in [-0.15, -0.1) is 0 Å². The van der Waals surface area contributed by atoms with Crippen molar-refractivity contribution < 1.29 is 13.2 Å². The summed E-state index contributed by atoms with van der Waals surface area (Å²) in [5.41, 5.74) is 1.27. The normalized spacial score (nSPS) is 10.9. The van der Waals surface area contributed by atoms with E-state index in [2.05, 4.69) is 0 Å². The molecule has 2 aromatic rings. The molecule has 0 fully saturated rings. The van der Waals surface area contributed by atoms with Crippen LogP contribution >= 0.6 is 0 Å². The topological polar surface area (TPSA) is 67.2 Å². The zero-order chi connectivity index (χ0) is 15.3. The van der Waals surface area contributed by atoms with E-state index in [1.165, 1.54) is 0 Å². The molecule has 2 rings (SSSR count). The largest absolute Gasteiger partial charge is 0.493 e. The van der Waals surface area contributed by atoms with E-state index in [0.717, 1.165) is 5.56 Å². The predicted molar refractivity (Wildman–Crippen MR) is 79.9 cm³/mol. The summed E-state index contributed by atoms with van der Waals surface area (Å²) in [6, 6.07) is 15.5. The minimum Gasteiger partial charge on any atom is -0.493 e. The molecule has 5 heteroatoms. The van der Waals surface area contributed by atoms with Crippen LogP contribution in [0.1, 0.15) is 11.1 Å². The summed E-state index contributed by atoms with van der Waals surface area (Å²) in [4.78, 5) is 0.341. The Morgan fingerprint density at radius 1 is 1.10 bits per heavy atom. The molecule has 108 valence electrons. The van der Waals surface area contributed by atoms with Gasteiger partial charge in [-0.3, -0.25) is 0 Å². The van der Waals surface area contributed by atoms with Gasteiger partial charge in [0, 0.05) is 0 Å². The molecule has 0 saturated heterocycles. The van der Waals surface area contributed by atoms with E-state index in [4.69, 9.17) is 10.00 Å². The lowest BCUT2D eigenvalue weighted by atomic mass is 10.2. The van der Waals surface area contributed by atoms with Crippen LogP contribution in [0.3, 0.4) is 0 Å². The molecule has 0 aromatic heterocycles. The molecule has 0 bridgehead atoms. The Hall–Kier alpha value is -2.32. The maximum atomic E-state index is 12.2. The molecule has 0 N–H and O–H groups in total. The molecular formula is C16H15NO3S. The molecule has 0 aliphatic heterocycles. The summed E-state index contributed by atoms with van der Waals surface area (Å²) in [5, 5.41) is 8.69. The lowest BCUT2D eigenvalue weighted by Crippen LogP contribution is -2.15. The molecule has 4 nitrogen and oxygen atoms in total. The minimum absolute atomic E-state index is 0.0720.